The highest BCUT2D eigenvalue weighted by Crippen LogP contribution is 2.18. The number of aliphatic hydroxyl groups excluding tert-OH is 2. The van der Waals surface area contributed by atoms with E-state index in [1.165, 1.54) is 0 Å². The van der Waals surface area contributed by atoms with Crippen molar-refractivity contribution in [1.82, 2.24) is 0 Å². The first-order chi connectivity index (χ1) is 9.19. The molecule has 0 aliphatic heterocycles. The van der Waals surface area contributed by atoms with Crippen molar-refractivity contribution in [3.63, 3.8) is 0 Å². The summed E-state index contributed by atoms with van der Waals surface area (Å²) in [5.41, 5.74) is 2.82. The average Bonchev–Trinajstić information content (AvgIpc) is 2.46. The minimum atomic E-state index is -0.458. The van der Waals surface area contributed by atoms with E-state index >= 15 is 0 Å². The minimum Gasteiger partial charge on any atom is -0.489 e. The number of benzene rings is 2. The number of ether oxygens (including phenoxy) is 1. The van der Waals surface area contributed by atoms with Crippen molar-refractivity contribution >= 4 is 0 Å². The Kier molecular flexibility index (Phi) is 4.55. The molecule has 0 aromatic heterocycles. The van der Waals surface area contributed by atoms with Crippen LogP contribution in [-0.2, 0) is 13.2 Å². The number of rotatable bonds is 5. The number of aliphatic hydroxyl groups is 2. The molecule has 0 spiro atoms. The predicted octanol–water partition coefficient (Wildman–Crippen LogP) is 2.81. The van der Waals surface area contributed by atoms with Crippen LogP contribution < -0.4 is 4.74 Å². The van der Waals surface area contributed by atoms with Gasteiger partial charge >= 0.3 is 0 Å². The van der Waals surface area contributed by atoms with Crippen LogP contribution in [0.5, 0.6) is 5.75 Å². The molecule has 0 saturated carbocycles. The number of hydrogen-bond donors (Lipinski definition) is 2. The second-order valence-electron chi connectivity index (χ2n) is 4.51. The van der Waals surface area contributed by atoms with Gasteiger partial charge in [-0.1, -0.05) is 36.4 Å². The SMILES string of the molecule is CC(O)c1ccc(OCc2ccc(CO)cc2)cc1. The monoisotopic (exact) mass is 258 g/mol. The summed E-state index contributed by atoms with van der Waals surface area (Å²) in [6.07, 6.45) is -0.458. The van der Waals surface area contributed by atoms with E-state index in [-0.39, 0.29) is 6.61 Å². The first-order valence-electron chi connectivity index (χ1n) is 6.28. The van der Waals surface area contributed by atoms with Crippen LogP contribution in [0.4, 0.5) is 0 Å². The van der Waals surface area contributed by atoms with E-state index in [4.69, 9.17) is 9.84 Å². The first kappa shape index (κ1) is 13.6. The molecule has 3 heteroatoms. The standard InChI is InChI=1S/C16H18O3/c1-12(18)15-6-8-16(9-7-15)19-11-14-4-2-13(10-17)3-5-14/h2-9,12,17-18H,10-11H2,1H3. The van der Waals surface area contributed by atoms with E-state index in [2.05, 4.69) is 0 Å². The highest BCUT2D eigenvalue weighted by Gasteiger charge is 2.01. The van der Waals surface area contributed by atoms with Gasteiger partial charge in [0.15, 0.2) is 0 Å². The molecule has 1 unspecified atom stereocenters. The molecular formula is C16H18O3. The van der Waals surface area contributed by atoms with Crippen molar-refractivity contribution in [1.29, 1.82) is 0 Å². The third-order valence-electron chi connectivity index (χ3n) is 2.97. The maximum absolute atomic E-state index is 9.41. The normalized spacial score (nSPS) is 12.2. The quantitative estimate of drug-likeness (QED) is 0.867. The second kappa shape index (κ2) is 6.36. The van der Waals surface area contributed by atoms with Crippen LogP contribution in [0.1, 0.15) is 29.7 Å². The Morgan fingerprint density at radius 2 is 1.53 bits per heavy atom. The van der Waals surface area contributed by atoms with Crippen molar-refractivity contribution in [2.75, 3.05) is 0 Å². The molecule has 0 heterocycles. The van der Waals surface area contributed by atoms with Gasteiger partial charge in [-0.3, -0.25) is 0 Å². The molecule has 1 atom stereocenters. The lowest BCUT2D eigenvalue weighted by Crippen LogP contribution is -1.96. The topological polar surface area (TPSA) is 49.7 Å². The third-order valence-corrected chi connectivity index (χ3v) is 2.97. The molecule has 2 aromatic carbocycles. The molecule has 100 valence electrons. The summed E-state index contributed by atoms with van der Waals surface area (Å²) in [6, 6.07) is 15.1. The lowest BCUT2D eigenvalue weighted by Gasteiger charge is -2.09. The molecule has 0 aliphatic carbocycles. The average molecular weight is 258 g/mol. The maximum Gasteiger partial charge on any atom is 0.119 e. The van der Waals surface area contributed by atoms with Crippen LogP contribution in [0.3, 0.4) is 0 Å². The molecule has 0 amide bonds. The molecule has 0 aliphatic rings. The molecule has 0 fully saturated rings. The third kappa shape index (κ3) is 3.81. The van der Waals surface area contributed by atoms with E-state index in [1.54, 1.807) is 6.92 Å². The Morgan fingerprint density at radius 3 is 2.05 bits per heavy atom. The predicted molar refractivity (Wildman–Crippen MR) is 73.8 cm³/mol. The van der Waals surface area contributed by atoms with Crippen LogP contribution in [0.2, 0.25) is 0 Å². The molecule has 0 saturated heterocycles. The zero-order valence-corrected chi connectivity index (χ0v) is 10.9. The fraction of sp³-hybridized carbons (Fsp3) is 0.250. The molecule has 0 radical (unpaired) electrons. The summed E-state index contributed by atoms with van der Waals surface area (Å²) in [5, 5.41) is 18.4. The van der Waals surface area contributed by atoms with Gasteiger partial charge in [0.05, 0.1) is 12.7 Å². The fourth-order valence-corrected chi connectivity index (χ4v) is 1.75. The van der Waals surface area contributed by atoms with Crippen molar-refractivity contribution in [3.8, 4) is 5.75 Å². The highest BCUT2D eigenvalue weighted by atomic mass is 16.5. The summed E-state index contributed by atoms with van der Waals surface area (Å²) in [7, 11) is 0. The smallest absolute Gasteiger partial charge is 0.119 e. The van der Waals surface area contributed by atoms with E-state index in [1.807, 2.05) is 48.5 Å². The van der Waals surface area contributed by atoms with Crippen molar-refractivity contribution in [3.05, 3.63) is 65.2 Å². The Hall–Kier alpha value is -1.84. The molecule has 19 heavy (non-hydrogen) atoms. The van der Waals surface area contributed by atoms with Gasteiger partial charge in [0.25, 0.3) is 0 Å². The zero-order chi connectivity index (χ0) is 13.7. The Bertz CT molecular complexity index is 501. The van der Waals surface area contributed by atoms with Gasteiger partial charge in [-0.05, 0) is 35.7 Å². The van der Waals surface area contributed by atoms with E-state index in [0.29, 0.717) is 6.61 Å². The molecule has 3 nitrogen and oxygen atoms in total. The van der Waals surface area contributed by atoms with Crippen LogP contribution >= 0.6 is 0 Å². The van der Waals surface area contributed by atoms with Gasteiger partial charge in [-0.15, -0.1) is 0 Å². The lowest BCUT2D eigenvalue weighted by molar-refractivity contribution is 0.199. The number of hydrogen-bond acceptors (Lipinski definition) is 3. The maximum atomic E-state index is 9.41. The van der Waals surface area contributed by atoms with Crippen LogP contribution in [0, 0.1) is 0 Å². The van der Waals surface area contributed by atoms with Gasteiger partial charge in [0, 0.05) is 0 Å². The van der Waals surface area contributed by atoms with E-state index < -0.39 is 6.10 Å². The van der Waals surface area contributed by atoms with Gasteiger partial charge in [-0.25, -0.2) is 0 Å². The van der Waals surface area contributed by atoms with Crippen molar-refractivity contribution in [2.45, 2.75) is 26.2 Å². The van der Waals surface area contributed by atoms with Crippen molar-refractivity contribution in [2.24, 2.45) is 0 Å². The fourth-order valence-electron chi connectivity index (χ4n) is 1.75. The lowest BCUT2D eigenvalue weighted by atomic mass is 10.1. The van der Waals surface area contributed by atoms with Gasteiger partial charge in [-0.2, -0.15) is 0 Å². The summed E-state index contributed by atoms with van der Waals surface area (Å²) >= 11 is 0. The highest BCUT2D eigenvalue weighted by molar-refractivity contribution is 5.29. The van der Waals surface area contributed by atoms with Gasteiger partial charge in [0.2, 0.25) is 0 Å². The molecule has 2 rings (SSSR count). The molecule has 2 N–H and O–H groups in total. The van der Waals surface area contributed by atoms with E-state index in [9.17, 15) is 5.11 Å². The second-order valence-corrected chi connectivity index (χ2v) is 4.51. The van der Waals surface area contributed by atoms with E-state index in [0.717, 1.165) is 22.4 Å². The molecule has 0 bridgehead atoms. The van der Waals surface area contributed by atoms with Crippen LogP contribution in [0.15, 0.2) is 48.5 Å². The largest absolute Gasteiger partial charge is 0.489 e. The molecule has 2 aromatic rings. The van der Waals surface area contributed by atoms with Gasteiger partial charge < -0.3 is 14.9 Å². The Morgan fingerprint density at radius 1 is 0.947 bits per heavy atom. The Balaban J connectivity index is 1.94. The van der Waals surface area contributed by atoms with Gasteiger partial charge in [0.1, 0.15) is 12.4 Å². The van der Waals surface area contributed by atoms with Crippen LogP contribution in [0.25, 0.3) is 0 Å². The summed E-state index contributed by atoms with van der Waals surface area (Å²) in [5.74, 6) is 0.774. The summed E-state index contributed by atoms with van der Waals surface area (Å²) in [4.78, 5) is 0. The van der Waals surface area contributed by atoms with Crippen molar-refractivity contribution < 1.29 is 14.9 Å². The summed E-state index contributed by atoms with van der Waals surface area (Å²) in [6.45, 7) is 2.28. The Labute approximate surface area is 113 Å². The first-order valence-corrected chi connectivity index (χ1v) is 6.28. The molecular weight excluding hydrogens is 240 g/mol. The summed E-state index contributed by atoms with van der Waals surface area (Å²) < 4.78 is 5.66. The van der Waals surface area contributed by atoms with Crippen LogP contribution in [-0.4, -0.2) is 10.2 Å². The zero-order valence-electron chi connectivity index (χ0n) is 10.9. The minimum absolute atomic E-state index is 0.0575.